The minimum Gasteiger partial charge on any atom is -0.385 e. The standard InChI is InChI=1S/C15H19FN4O3S/c1-10(13(21)17-12-6-4-11(16)5-7-12)24-15-19-18-14(22)20(15)8-3-9-23-2/h4-7,10H,3,8-9H2,1-2H3,(H,17,21)(H,18,22)/t10-/m1/s1. The summed E-state index contributed by atoms with van der Waals surface area (Å²) in [5.74, 6) is -0.627. The average Bonchev–Trinajstić information content (AvgIpc) is 2.90. The molecule has 130 valence electrons. The van der Waals surface area contributed by atoms with Crippen LogP contribution in [0.4, 0.5) is 10.1 Å². The predicted molar refractivity (Wildman–Crippen MR) is 89.7 cm³/mol. The lowest BCUT2D eigenvalue weighted by Crippen LogP contribution is -2.24. The van der Waals surface area contributed by atoms with Crippen molar-refractivity contribution in [3.63, 3.8) is 0 Å². The van der Waals surface area contributed by atoms with Gasteiger partial charge in [0, 0.05) is 25.9 Å². The van der Waals surface area contributed by atoms with E-state index >= 15 is 0 Å². The molecule has 0 spiro atoms. The SMILES string of the molecule is COCCCn1c(S[C@H](C)C(=O)Nc2ccc(F)cc2)n[nH]c1=O. The summed E-state index contributed by atoms with van der Waals surface area (Å²) in [4.78, 5) is 24.0. The van der Waals surface area contributed by atoms with Crippen molar-refractivity contribution in [3.8, 4) is 0 Å². The highest BCUT2D eigenvalue weighted by atomic mass is 32.2. The molecule has 1 aromatic carbocycles. The van der Waals surface area contributed by atoms with Crippen LogP contribution in [0.1, 0.15) is 13.3 Å². The lowest BCUT2D eigenvalue weighted by Gasteiger charge is -2.12. The van der Waals surface area contributed by atoms with E-state index in [1.165, 1.54) is 40.6 Å². The normalized spacial score (nSPS) is 12.1. The number of nitrogens with one attached hydrogen (secondary N) is 2. The summed E-state index contributed by atoms with van der Waals surface area (Å²) >= 11 is 1.17. The summed E-state index contributed by atoms with van der Waals surface area (Å²) in [7, 11) is 1.59. The molecule has 0 unspecified atom stereocenters. The molecule has 0 saturated carbocycles. The number of H-pyrrole nitrogens is 1. The molecule has 1 atom stereocenters. The summed E-state index contributed by atoms with van der Waals surface area (Å²) in [6.07, 6.45) is 0.666. The van der Waals surface area contributed by atoms with E-state index in [1.54, 1.807) is 14.0 Å². The van der Waals surface area contributed by atoms with Crippen molar-refractivity contribution >= 4 is 23.4 Å². The second-order valence-corrected chi connectivity index (χ2v) is 6.37. The molecule has 2 aromatic rings. The van der Waals surface area contributed by atoms with E-state index in [-0.39, 0.29) is 17.4 Å². The number of hydrogen-bond acceptors (Lipinski definition) is 5. The quantitative estimate of drug-likeness (QED) is 0.558. The topological polar surface area (TPSA) is 89.0 Å². The smallest absolute Gasteiger partial charge is 0.343 e. The predicted octanol–water partition coefficient (Wildman–Crippen LogP) is 1.87. The summed E-state index contributed by atoms with van der Waals surface area (Å²) in [6, 6.07) is 5.52. The van der Waals surface area contributed by atoms with Gasteiger partial charge in [-0.15, -0.1) is 5.10 Å². The number of aromatic amines is 1. The molecule has 0 aliphatic carbocycles. The maximum Gasteiger partial charge on any atom is 0.343 e. The molecule has 0 bridgehead atoms. The molecule has 24 heavy (non-hydrogen) atoms. The number of carbonyl (C=O) groups excluding carboxylic acids is 1. The van der Waals surface area contributed by atoms with Crippen LogP contribution in [-0.2, 0) is 16.1 Å². The van der Waals surface area contributed by atoms with E-state index in [0.717, 1.165) is 0 Å². The highest BCUT2D eigenvalue weighted by molar-refractivity contribution is 8.00. The van der Waals surface area contributed by atoms with Crippen LogP contribution < -0.4 is 11.0 Å². The Balaban J connectivity index is 1.98. The van der Waals surface area contributed by atoms with Gasteiger partial charge in [0.15, 0.2) is 5.16 Å². The summed E-state index contributed by atoms with van der Waals surface area (Å²) in [5.41, 5.74) is 0.188. The number of benzene rings is 1. The van der Waals surface area contributed by atoms with Gasteiger partial charge in [-0.2, -0.15) is 0 Å². The van der Waals surface area contributed by atoms with Crippen molar-refractivity contribution in [2.24, 2.45) is 0 Å². The Kier molecular flexibility index (Phi) is 6.56. The first-order valence-electron chi connectivity index (χ1n) is 7.38. The number of carbonyl (C=O) groups is 1. The maximum absolute atomic E-state index is 12.9. The first kappa shape index (κ1) is 18.2. The minimum atomic E-state index is -0.480. The molecule has 7 nitrogen and oxygen atoms in total. The Hall–Kier alpha value is -2.13. The van der Waals surface area contributed by atoms with E-state index in [9.17, 15) is 14.0 Å². The third-order valence-electron chi connectivity index (χ3n) is 3.22. The van der Waals surface area contributed by atoms with Crippen LogP contribution in [0.15, 0.2) is 34.2 Å². The van der Waals surface area contributed by atoms with Gasteiger partial charge in [0.25, 0.3) is 0 Å². The number of rotatable bonds is 8. The first-order valence-corrected chi connectivity index (χ1v) is 8.26. The molecule has 2 N–H and O–H groups in total. The van der Waals surface area contributed by atoms with Crippen LogP contribution in [0.3, 0.4) is 0 Å². The van der Waals surface area contributed by atoms with Crippen LogP contribution in [0, 0.1) is 5.82 Å². The van der Waals surface area contributed by atoms with Gasteiger partial charge < -0.3 is 10.1 Å². The van der Waals surface area contributed by atoms with Gasteiger partial charge in [-0.3, -0.25) is 9.36 Å². The third kappa shape index (κ3) is 4.93. The molecule has 1 aromatic heterocycles. The van der Waals surface area contributed by atoms with E-state index in [0.29, 0.717) is 30.4 Å². The van der Waals surface area contributed by atoms with E-state index in [4.69, 9.17) is 4.74 Å². The maximum atomic E-state index is 12.9. The monoisotopic (exact) mass is 354 g/mol. The lowest BCUT2D eigenvalue weighted by molar-refractivity contribution is -0.115. The summed E-state index contributed by atoms with van der Waals surface area (Å²) in [6.45, 7) is 2.70. The second-order valence-electron chi connectivity index (χ2n) is 5.07. The Morgan fingerprint density at radius 2 is 2.17 bits per heavy atom. The number of methoxy groups -OCH3 is 1. The van der Waals surface area contributed by atoms with Gasteiger partial charge in [-0.1, -0.05) is 11.8 Å². The molecule has 0 radical (unpaired) electrons. The Morgan fingerprint density at radius 3 is 2.83 bits per heavy atom. The molecule has 2 rings (SSSR count). The fraction of sp³-hybridized carbons (Fsp3) is 0.400. The van der Waals surface area contributed by atoms with Crippen LogP contribution in [-0.4, -0.2) is 39.6 Å². The molecule has 1 heterocycles. The van der Waals surface area contributed by atoms with Crippen molar-refractivity contribution in [1.82, 2.24) is 14.8 Å². The lowest BCUT2D eigenvalue weighted by atomic mass is 10.3. The number of aromatic nitrogens is 3. The molecule has 1 amide bonds. The van der Waals surface area contributed by atoms with Crippen LogP contribution >= 0.6 is 11.8 Å². The van der Waals surface area contributed by atoms with E-state index in [1.807, 2.05) is 0 Å². The highest BCUT2D eigenvalue weighted by Crippen LogP contribution is 2.21. The Bertz CT molecular complexity index is 729. The second kappa shape index (κ2) is 8.65. The number of thioether (sulfide) groups is 1. The zero-order chi connectivity index (χ0) is 17.5. The largest absolute Gasteiger partial charge is 0.385 e. The molecule has 9 heteroatoms. The zero-order valence-electron chi connectivity index (χ0n) is 13.4. The van der Waals surface area contributed by atoms with Crippen LogP contribution in [0.2, 0.25) is 0 Å². The highest BCUT2D eigenvalue weighted by Gasteiger charge is 2.19. The van der Waals surface area contributed by atoms with Crippen molar-refractivity contribution < 1.29 is 13.9 Å². The Labute approximate surface area is 142 Å². The molecular weight excluding hydrogens is 335 g/mol. The Morgan fingerprint density at radius 1 is 1.46 bits per heavy atom. The first-order chi connectivity index (χ1) is 11.5. The molecular formula is C15H19FN4O3S. The molecule has 0 saturated heterocycles. The van der Waals surface area contributed by atoms with Crippen LogP contribution in [0.25, 0.3) is 0 Å². The fourth-order valence-corrected chi connectivity index (χ4v) is 2.83. The van der Waals surface area contributed by atoms with E-state index < -0.39 is 5.25 Å². The number of nitrogens with zero attached hydrogens (tertiary/aromatic N) is 2. The van der Waals surface area contributed by atoms with Crippen molar-refractivity contribution in [2.75, 3.05) is 19.0 Å². The zero-order valence-corrected chi connectivity index (χ0v) is 14.2. The average molecular weight is 354 g/mol. The van der Waals surface area contributed by atoms with Crippen molar-refractivity contribution in [3.05, 3.63) is 40.6 Å². The number of halogens is 1. The van der Waals surface area contributed by atoms with Gasteiger partial charge >= 0.3 is 5.69 Å². The van der Waals surface area contributed by atoms with E-state index in [2.05, 4.69) is 15.5 Å². The van der Waals surface area contributed by atoms with Gasteiger partial charge in [0.05, 0.1) is 5.25 Å². The molecule has 0 aliphatic rings. The summed E-state index contributed by atoms with van der Waals surface area (Å²) in [5, 5.41) is 9.00. The number of anilines is 1. The van der Waals surface area contributed by atoms with Crippen molar-refractivity contribution in [2.45, 2.75) is 30.3 Å². The van der Waals surface area contributed by atoms with Gasteiger partial charge in [-0.25, -0.2) is 14.3 Å². The third-order valence-corrected chi connectivity index (χ3v) is 4.31. The number of amides is 1. The number of ether oxygens (including phenoxy) is 1. The van der Waals surface area contributed by atoms with Crippen LogP contribution in [0.5, 0.6) is 0 Å². The van der Waals surface area contributed by atoms with Gasteiger partial charge in [0.2, 0.25) is 5.91 Å². The fourth-order valence-electron chi connectivity index (χ4n) is 1.95. The molecule has 0 aliphatic heterocycles. The van der Waals surface area contributed by atoms with Crippen molar-refractivity contribution in [1.29, 1.82) is 0 Å². The minimum absolute atomic E-state index is 0.259. The van der Waals surface area contributed by atoms with Gasteiger partial charge in [0.1, 0.15) is 5.82 Å². The van der Waals surface area contributed by atoms with Gasteiger partial charge in [-0.05, 0) is 37.6 Å². The number of hydrogen-bond donors (Lipinski definition) is 2. The summed E-state index contributed by atoms with van der Waals surface area (Å²) < 4.78 is 19.3. The molecule has 0 fully saturated rings.